The van der Waals surface area contributed by atoms with Crippen molar-refractivity contribution in [1.29, 1.82) is 5.26 Å². The van der Waals surface area contributed by atoms with E-state index in [-0.39, 0.29) is 23.4 Å². The molecule has 0 fully saturated rings. The molecule has 0 radical (unpaired) electrons. The molecule has 6 heteroatoms. The summed E-state index contributed by atoms with van der Waals surface area (Å²) in [5, 5.41) is 10.8. The number of halogens is 2. The van der Waals surface area contributed by atoms with Crippen LogP contribution in [0.5, 0.6) is 5.75 Å². The van der Waals surface area contributed by atoms with Crippen LogP contribution in [0.25, 0.3) is 0 Å². The van der Waals surface area contributed by atoms with Gasteiger partial charge in [0, 0.05) is 6.54 Å². The van der Waals surface area contributed by atoms with Crippen LogP contribution in [0, 0.1) is 17.1 Å². The van der Waals surface area contributed by atoms with Gasteiger partial charge < -0.3 is 10.1 Å². The van der Waals surface area contributed by atoms with Crippen LogP contribution in [0.3, 0.4) is 0 Å². The number of carbonyl (C=O) groups is 1. The molecule has 0 saturated heterocycles. The number of nitriles is 1. The van der Waals surface area contributed by atoms with Gasteiger partial charge in [0.25, 0.3) is 5.91 Å². The van der Waals surface area contributed by atoms with E-state index in [1.807, 2.05) is 6.07 Å². The molecular weight excluding hydrogens is 291 g/mol. The second-order valence-electron chi connectivity index (χ2n) is 3.12. The second-order valence-corrected chi connectivity index (χ2v) is 3.98. The highest BCUT2D eigenvalue weighted by atomic mass is 79.9. The number of hydrogen-bond donors (Lipinski definition) is 1. The number of nitrogens with one attached hydrogen (secondary N) is 1. The number of amides is 1. The molecule has 0 heterocycles. The Morgan fingerprint density at radius 3 is 3.00 bits per heavy atom. The van der Waals surface area contributed by atoms with Gasteiger partial charge in [0.1, 0.15) is 11.6 Å². The van der Waals surface area contributed by atoms with Crippen LogP contribution in [-0.4, -0.2) is 19.1 Å². The number of nitrogens with zero attached hydrogens (tertiary/aromatic N) is 1. The van der Waals surface area contributed by atoms with Crippen molar-refractivity contribution in [2.75, 3.05) is 13.2 Å². The van der Waals surface area contributed by atoms with E-state index in [2.05, 4.69) is 21.2 Å². The summed E-state index contributed by atoms with van der Waals surface area (Å²) >= 11 is 3.01. The Hall–Kier alpha value is -1.61. The predicted octanol–water partition coefficient (Wildman–Crippen LogP) is 2.00. The van der Waals surface area contributed by atoms with E-state index in [1.54, 1.807) is 0 Å². The molecule has 1 aromatic rings. The molecule has 0 aromatic heterocycles. The molecule has 0 aliphatic rings. The van der Waals surface area contributed by atoms with Gasteiger partial charge in [-0.15, -0.1) is 0 Å². The van der Waals surface area contributed by atoms with Gasteiger partial charge in [-0.05, 0) is 34.1 Å². The lowest BCUT2D eigenvalue weighted by molar-refractivity contribution is -0.123. The van der Waals surface area contributed by atoms with Crippen LogP contribution in [0.1, 0.15) is 6.42 Å². The van der Waals surface area contributed by atoms with Gasteiger partial charge >= 0.3 is 0 Å². The minimum absolute atomic E-state index is 0.163. The molecule has 1 aromatic carbocycles. The largest absolute Gasteiger partial charge is 0.484 e. The molecule has 1 amide bonds. The summed E-state index contributed by atoms with van der Waals surface area (Å²) in [7, 11) is 0. The van der Waals surface area contributed by atoms with E-state index in [1.165, 1.54) is 18.2 Å². The van der Waals surface area contributed by atoms with Gasteiger partial charge in [-0.2, -0.15) is 5.26 Å². The van der Waals surface area contributed by atoms with Crippen molar-refractivity contribution in [2.24, 2.45) is 0 Å². The SMILES string of the molecule is N#CCCNC(=O)COc1ccc(F)c(Br)c1. The minimum atomic E-state index is -0.393. The van der Waals surface area contributed by atoms with Crippen LogP contribution in [-0.2, 0) is 4.79 Å². The summed E-state index contributed by atoms with van der Waals surface area (Å²) in [6.45, 7) is 0.134. The lowest BCUT2D eigenvalue weighted by atomic mass is 10.3. The Morgan fingerprint density at radius 2 is 2.35 bits per heavy atom. The Balaban J connectivity index is 2.37. The van der Waals surface area contributed by atoms with Gasteiger partial charge in [0.05, 0.1) is 17.0 Å². The molecule has 1 rings (SSSR count). The first kappa shape index (κ1) is 13.5. The first-order chi connectivity index (χ1) is 8.13. The highest BCUT2D eigenvalue weighted by Gasteiger charge is 2.04. The molecule has 90 valence electrons. The van der Waals surface area contributed by atoms with Gasteiger partial charge in [0.2, 0.25) is 0 Å². The Labute approximate surface area is 107 Å². The van der Waals surface area contributed by atoms with Gasteiger partial charge in [-0.25, -0.2) is 4.39 Å². The average Bonchev–Trinajstić information content (AvgIpc) is 2.31. The third kappa shape index (κ3) is 4.83. The van der Waals surface area contributed by atoms with E-state index < -0.39 is 5.82 Å². The zero-order valence-corrected chi connectivity index (χ0v) is 10.5. The number of carbonyl (C=O) groups excluding carboxylic acids is 1. The average molecular weight is 301 g/mol. The number of rotatable bonds is 5. The number of hydrogen-bond acceptors (Lipinski definition) is 3. The Morgan fingerprint density at radius 1 is 1.59 bits per heavy atom. The predicted molar refractivity (Wildman–Crippen MR) is 62.8 cm³/mol. The molecule has 0 unspecified atom stereocenters. The number of benzene rings is 1. The molecule has 0 aliphatic carbocycles. The second kappa shape index (κ2) is 6.86. The maximum atomic E-state index is 12.9. The summed E-state index contributed by atoms with van der Waals surface area (Å²) in [6, 6.07) is 6.03. The van der Waals surface area contributed by atoms with Crippen LogP contribution < -0.4 is 10.1 Å². The Bertz CT molecular complexity index is 446. The molecule has 0 aliphatic heterocycles. The normalized spacial score (nSPS) is 9.47. The van der Waals surface area contributed by atoms with Gasteiger partial charge in [-0.1, -0.05) is 0 Å². The monoisotopic (exact) mass is 300 g/mol. The van der Waals surface area contributed by atoms with Crippen LogP contribution in [0.2, 0.25) is 0 Å². The summed E-state index contributed by atoms with van der Waals surface area (Å²) in [4.78, 5) is 11.2. The quantitative estimate of drug-likeness (QED) is 0.846. The van der Waals surface area contributed by atoms with Gasteiger partial charge in [-0.3, -0.25) is 4.79 Å². The fourth-order valence-corrected chi connectivity index (χ4v) is 1.38. The standard InChI is InChI=1S/C11H10BrFN2O2/c12-9-6-8(2-3-10(9)13)17-7-11(16)15-5-1-4-14/h2-3,6H,1,5,7H2,(H,15,16). The fraction of sp³-hybridized carbons (Fsp3) is 0.273. The van der Waals surface area contributed by atoms with Crippen molar-refractivity contribution in [3.05, 3.63) is 28.5 Å². The maximum absolute atomic E-state index is 12.9. The zero-order chi connectivity index (χ0) is 12.7. The fourth-order valence-electron chi connectivity index (χ4n) is 1.02. The topological polar surface area (TPSA) is 62.1 Å². The van der Waals surface area contributed by atoms with Crippen molar-refractivity contribution in [3.8, 4) is 11.8 Å². The van der Waals surface area contributed by atoms with Crippen LogP contribution in [0.15, 0.2) is 22.7 Å². The third-order valence-corrected chi connectivity index (χ3v) is 2.43. The molecule has 4 nitrogen and oxygen atoms in total. The van der Waals surface area contributed by atoms with E-state index >= 15 is 0 Å². The molecular formula is C11H10BrFN2O2. The summed E-state index contributed by atoms with van der Waals surface area (Å²) < 4.78 is 18.3. The highest BCUT2D eigenvalue weighted by Crippen LogP contribution is 2.21. The van der Waals surface area contributed by atoms with Crippen LogP contribution in [0.4, 0.5) is 4.39 Å². The van der Waals surface area contributed by atoms with Crippen molar-refractivity contribution >= 4 is 21.8 Å². The molecule has 1 N–H and O–H groups in total. The molecule has 0 saturated carbocycles. The van der Waals surface area contributed by atoms with Crippen molar-refractivity contribution in [3.63, 3.8) is 0 Å². The van der Waals surface area contributed by atoms with Crippen molar-refractivity contribution in [2.45, 2.75) is 6.42 Å². The third-order valence-electron chi connectivity index (χ3n) is 1.82. The van der Waals surface area contributed by atoms with E-state index in [0.29, 0.717) is 12.3 Å². The smallest absolute Gasteiger partial charge is 0.257 e. The lowest BCUT2D eigenvalue weighted by Gasteiger charge is -2.06. The first-order valence-corrected chi connectivity index (χ1v) is 5.64. The Kier molecular flexibility index (Phi) is 5.43. The molecule has 0 atom stereocenters. The summed E-state index contributed by atoms with van der Waals surface area (Å²) in [5.74, 6) is -0.315. The van der Waals surface area contributed by atoms with Gasteiger partial charge in [0.15, 0.2) is 6.61 Å². The first-order valence-electron chi connectivity index (χ1n) is 4.85. The lowest BCUT2D eigenvalue weighted by Crippen LogP contribution is -2.29. The highest BCUT2D eigenvalue weighted by molar-refractivity contribution is 9.10. The maximum Gasteiger partial charge on any atom is 0.257 e. The van der Waals surface area contributed by atoms with Crippen LogP contribution >= 0.6 is 15.9 Å². The number of ether oxygens (including phenoxy) is 1. The van der Waals surface area contributed by atoms with E-state index in [9.17, 15) is 9.18 Å². The van der Waals surface area contributed by atoms with Crippen molar-refractivity contribution < 1.29 is 13.9 Å². The molecule has 0 bridgehead atoms. The molecule has 0 spiro atoms. The van der Waals surface area contributed by atoms with E-state index in [0.717, 1.165) is 0 Å². The van der Waals surface area contributed by atoms with E-state index in [4.69, 9.17) is 10.00 Å². The summed E-state index contributed by atoms with van der Waals surface area (Å²) in [5.41, 5.74) is 0. The summed E-state index contributed by atoms with van der Waals surface area (Å²) in [6.07, 6.45) is 0.258. The molecule has 17 heavy (non-hydrogen) atoms. The van der Waals surface area contributed by atoms with Crippen molar-refractivity contribution in [1.82, 2.24) is 5.32 Å². The minimum Gasteiger partial charge on any atom is -0.484 e. The zero-order valence-electron chi connectivity index (χ0n) is 8.87.